The van der Waals surface area contributed by atoms with E-state index in [1.165, 1.54) is 13.0 Å². The summed E-state index contributed by atoms with van der Waals surface area (Å²) in [5.74, 6) is -0.576. The molecule has 0 aromatic heterocycles. The summed E-state index contributed by atoms with van der Waals surface area (Å²) in [5, 5.41) is 2.86. The molecular formula is C21H22BrFN2O2. The van der Waals surface area contributed by atoms with Crippen molar-refractivity contribution in [2.24, 2.45) is 0 Å². The Morgan fingerprint density at radius 3 is 2.44 bits per heavy atom. The summed E-state index contributed by atoms with van der Waals surface area (Å²) < 4.78 is 15.0. The van der Waals surface area contributed by atoms with Gasteiger partial charge in [-0.05, 0) is 36.6 Å². The van der Waals surface area contributed by atoms with Crippen molar-refractivity contribution >= 4 is 27.7 Å². The smallest absolute Gasteiger partial charge is 0.225 e. The Balaban J connectivity index is 1.76. The Labute approximate surface area is 166 Å². The zero-order chi connectivity index (χ0) is 19.4. The minimum Gasteiger partial charge on any atom is -0.349 e. The molecule has 0 aliphatic heterocycles. The van der Waals surface area contributed by atoms with Crippen LogP contribution in [0.2, 0.25) is 0 Å². The normalized spacial score (nSPS) is 14.5. The summed E-state index contributed by atoms with van der Waals surface area (Å²) in [6.45, 7) is 1.69. The molecule has 1 aliphatic rings. The molecule has 2 amide bonds. The minimum atomic E-state index is -0.412. The molecule has 2 aromatic rings. The number of rotatable bonds is 7. The predicted octanol–water partition coefficient (Wildman–Crippen LogP) is 4.35. The first-order valence-corrected chi connectivity index (χ1v) is 9.79. The molecule has 1 N–H and O–H groups in total. The molecule has 0 bridgehead atoms. The summed E-state index contributed by atoms with van der Waals surface area (Å²) in [5.41, 5.74) is 1.38. The first-order valence-electron chi connectivity index (χ1n) is 8.99. The van der Waals surface area contributed by atoms with Gasteiger partial charge in [-0.2, -0.15) is 0 Å². The van der Waals surface area contributed by atoms with Crippen molar-refractivity contribution in [3.05, 3.63) is 69.9 Å². The molecule has 4 nitrogen and oxygen atoms in total. The second-order valence-electron chi connectivity index (χ2n) is 6.85. The molecule has 0 spiro atoms. The zero-order valence-electron chi connectivity index (χ0n) is 15.1. The number of hydrogen-bond donors (Lipinski definition) is 1. The van der Waals surface area contributed by atoms with Crippen molar-refractivity contribution in [2.45, 2.75) is 44.8 Å². The lowest BCUT2D eigenvalue weighted by molar-refractivity contribution is -0.133. The molecule has 3 rings (SSSR count). The average Bonchev–Trinajstić information content (AvgIpc) is 3.45. The van der Waals surface area contributed by atoms with Crippen LogP contribution < -0.4 is 5.32 Å². The maximum Gasteiger partial charge on any atom is 0.225 e. The topological polar surface area (TPSA) is 49.4 Å². The molecule has 1 fully saturated rings. The van der Waals surface area contributed by atoms with Gasteiger partial charge in [0.05, 0.1) is 12.5 Å². The van der Waals surface area contributed by atoms with Crippen LogP contribution in [0.1, 0.15) is 43.4 Å². The van der Waals surface area contributed by atoms with Gasteiger partial charge < -0.3 is 10.2 Å². The van der Waals surface area contributed by atoms with Crippen molar-refractivity contribution < 1.29 is 14.0 Å². The highest BCUT2D eigenvalue weighted by Crippen LogP contribution is 2.31. The van der Waals surface area contributed by atoms with Gasteiger partial charge in [-0.25, -0.2) is 4.39 Å². The fourth-order valence-electron chi connectivity index (χ4n) is 3.10. The summed E-state index contributed by atoms with van der Waals surface area (Å²) in [6.07, 6.45) is 2.01. The van der Waals surface area contributed by atoms with Gasteiger partial charge in [-0.15, -0.1) is 0 Å². The van der Waals surface area contributed by atoms with Crippen LogP contribution in [-0.4, -0.2) is 22.8 Å². The van der Waals surface area contributed by atoms with E-state index in [2.05, 4.69) is 21.2 Å². The Morgan fingerprint density at radius 1 is 1.19 bits per heavy atom. The van der Waals surface area contributed by atoms with Gasteiger partial charge in [0.25, 0.3) is 0 Å². The number of nitrogens with zero attached hydrogens (tertiary/aromatic N) is 1. The summed E-state index contributed by atoms with van der Waals surface area (Å²) in [6, 6.07) is 13.8. The first-order chi connectivity index (χ1) is 12.9. The largest absolute Gasteiger partial charge is 0.349 e. The van der Waals surface area contributed by atoms with E-state index in [9.17, 15) is 14.0 Å². The van der Waals surface area contributed by atoms with Crippen LogP contribution in [0.3, 0.4) is 0 Å². The van der Waals surface area contributed by atoms with E-state index in [1.807, 2.05) is 24.3 Å². The van der Waals surface area contributed by atoms with Gasteiger partial charge in [0.1, 0.15) is 5.82 Å². The molecular weight excluding hydrogens is 411 g/mol. The SMILES string of the molecule is CC(=O)NC(CC(=O)N(Cc1ccccc1F)C1CC1)c1ccc(Br)cc1. The maximum atomic E-state index is 14.0. The van der Waals surface area contributed by atoms with Gasteiger partial charge in [-0.3, -0.25) is 9.59 Å². The second-order valence-corrected chi connectivity index (χ2v) is 7.77. The highest BCUT2D eigenvalue weighted by molar-refractivity contribution is 9.10. The van der Waals surface area contributed by atoms with Crippen molar-refractivity contribution in [1.82, 2.24) is 10.2 Å². The number of carbonyl (C=O) groups excluding carboxylic acids is 2. The van der Waals surface area contributed by atoms with Crippen LogP contribution in [0.25, 0.3) is 0 Å². The minimum absolute atomic E-state index is 0.0811. The predicted molar refractivity (Wildman–Crippen MR) is 105 cm³/mol. The molecule has 1 unspecified atom stereocenters. The third kappa shape index (κ3) is 5.39. The third-order valence-electron chi connectivity index (χ3n) is 4.64. The number of carbonyl (C=O) groups is 2. The molecule has 0 saturated heterocycles. The van der Waals surface area contributed by atoms with Crippen LogP contribution in [0.4, 0.5) is 4.39 Å². The quantitative estimate of drug-likeness (QED) is 0.706. The van der Waals surface area contributed by atoms with Gasteiger partial charge in [0.15, 0.2) is 0 Å². The molecule has 1 saturated carbocycles. The van der Waals surface area contributed by atoms with Crippen molar-refractivity contribution in [3.8, 4) is 0 Å². The maximum absolute atomic E-state index is 14.0. The summed E-state index contributed by atoms with van der Waals surface area (Å²) in [7, 11) is 0. The van der Waals surface area contributed by atoms with E-state index < -0.39 is 6.04 Å². The molecule has 1 atom stereocenters. The Hall–Kier alpha value is -2.21. The van der Waals surface area contributed by atoms with E-state index in [1.54, 1.807) is 23.1 Å². The Bertz CT molecular complexity index is 821. The first kappa shape index (κ1) is 19.5. The van der Waals surface area contributed by atoms with Crippen LogP contribution in [0.5, 0.6) is 0 Å². The van der Waals surface area contributed by atoms with Gasteiger partial charge in [0, 0.05) is 29.5 Å². The molecule has 27 heavy (non-hydrogen) atoms. The standard InChI is InChI=1S/C21H22BrFN2O2/c1-14(26)24-20(15-6-8-17(22)9-7-15)12-21(27)25(18-10-11-18)13-16-4-2-3-5-19(16)23/h2-9,18,20H,10-13H2,1H3,(H,24,26). The van der Waals surface area contributed by atoms with Crippen molar-refractivity contribution in [3.63, 3.8) is 0 Å². The highest BCUT2D eigenvalue weighted by atomic mass is 79.9. The van der Waals surface area contributed by atoms with Crippen LogP contribution >= 0.6 is 15.9 Å². The molecule has 1 aliphatic carbocycles. The number of halogens is 2. The van der Waals surface area contributed by atoms with E-state index in [0.29, 0.717) is 5.56 Å². The van der Waals surface area contributed by atoms with Crippen LogP contribution in [0, 0.1) is 5.82 Å². The summed E-state index contributed by atoms with van der Waals surface area (Å²) in [4.78, 5) is 26.4. The molecule has 6 heteroatoms. The fourth-order valence-corrected chi connectivity index (χ4v) is 3.37. The van der Waals surface area contributed by atoms with E-state index in [-0.39, 0.29) is 36.6 Å². The van der Waals surface area contributed by atoms with Crippen molar-refractivity contribution in [2.75, 3.05) is 0 Å². The Morgan fingerprint density at radius 2 is 1.85 bits per heavy atom. The third-order valence-corrected chi connectivity index (χ3v) is 5.16. The number of amides is 2. The lowest BCUT2D eigenvalue weighted by atomic mass is 10.0. The van der Waals surface area contributed by atoms with E-state index in [0.717, 1.165) is 22.9 Å². The Kier molecular flexibility index (Phi) is 6.26. The fraction of sp³-hybridized carbons (Fsp3) is 0.333. The van der Waals surface area contributed by atoms with Gasteiger partial charge in [-0.1, -0.05) is 46.3 Å². The number of hydrogen-bond acceptors (Lipinski definition) is 2. The van der Waals surface area contributed by atoms with Gasteiger partial charge in [0.2, 0.25) is 11.8 Å². The van der Waals surface area contributed by atoms with E-state index >= 15 is 0 Å². The van der Waals surface area contributed by atoms with Gasteiger partial charge >= 0.3 is 0 Å². The van der Waals surface area contributed by atoms with Crippen LogP contribution in [-0.2, 0) is 16.1 Å². The lowest BCUT2D eigenvalue weighted by Crippen LogP contribution is -2.37. The van der Waals surface area contributed by atoms with Crippen LogP contribution in [0.15, 0.2) is 53.0 Å². The second kappa shape index (κ2) is 8.65. The van der Waals surface area contributed by atoms with E-state index in [4.69, 9.17) is 0 Å². The molecule has 2 aromatic carbocycles. The summed E-state index contributed by atoms with van der Waals surface area (Å²) >= 11 is 3.39. The monoisotopic (exact) mass is 432 g/mol. The molecule has 142 valence electrons. The highest BCUT2D eigenvalue weighted by Gasteiger charge is 2.34. The number of benzene rings is 2. The van der Waals surface area contributed by atoms with Crippen molar-refractivity contribution in [1.29, 1.82) is 0 Å². The zero-order valence-corrected chi connectivity index (χ0v) is 16.7. The molecule has 0 heterocycles. The average molecular weight is 433 g/mol. The molecule has 0 radical (unpaired) electrons. The lowest BCUT2D eigenvalue weighted by Gasteiger charge is -2.26. The number of nitrogens with one attached hydrogen (secondary N) is 1.